The van der Waals surface area contributed by atoms with Crippen molar-refractivity contribution in [2.45, 2.75) is 56.7 Å². The average molecular weight is 377 g/mol. The first kappa shape index (κ1) is 19.1. The second-order valence-corrected chi connectivity index (χ2v) is 9.15. The van der Waals surface area contributed by atoms with Gasteiger partial charge >= 0.3 is 0 Å². The topological polar surface area (TPSA) is 59.9 Å². The van der Waals surface area contributed by atoms with Crippen molar-refractivity contribution in [3.63, 3.8) is 0 Å². The predicted octanol–water partition coefficient (Wildman–Crippen LogP) is 4.26. The number of methoxy groups -OCH3 is 2. The first-order valence-corrected chi connectivity index (χ1v) is 9.94. The van der Waals surface area contributed by atoms with Gasteiger partial charge in [-0.2, -0.15) is 0 Å². The summed E-state index contributed by atoms with van der Waals surface area (Å²) in [5, 5.41) is 3.71. The maximum Gasteiger partial charge on any atom is 0.260 e. The third-order valence-electron chi connectivity index (χ3n) is 5.74. The zero-order chi connectivity index (χ0) is 18.9. The molecule has 26 heavy (non-hydrogen) atoms. The zero-order valence-corrected chi connectivity index (χ0v) is 17.0. The van der Waals surface area contributed by atoms with Crippen LogP contribution < -0.4 is 14.8 Å². The molecule has 0 bridgehead atoms. The molecule has 0 radical (unpaired) electrons. The van der Waals surface area contributed by atoms with Crippen LogP contribution in [-0.2, 0) is 0 Å². The van der Waals surface area contributed by atoms with E-state index in [0.717, 1.165) is 18.8 Å². The van der Waals surface area contributed by atoms with Crippen LogP contribution in [-0.4, -0.2) is 35.6 Å². The number of nitrogens with one attached hydrogen (secondary N) is 1. The van der Waals surface area contributed by atoms with Gasteiger partial charge < -0.3 is 14.8 Å². The Morgan fingerprint density at radius 1 is 1.23 bits per heavy atom. The minimum Gasteiger partial charge on any atom is -0.497 e. The van der Waals surface area contributed by atoms with E-state index in [2.05, 4.69) is 26.1 Å². The van der Waals surface area contributed by atoms with Gasteiger partial charge in [0.25, 0.3) is 5.91 Å². The molecule has 1 fully saturated rings. The third kappa shape index (κ3) is 3.43. The van der Waals surface area contributed by atoms with Crippen molar-refractivity contribution in [1.29, 1.82) is 0 Å². The molecule has 1 heterocycles. The van der Waals surface area contributed by atoms with Gasteiger partial charge in [-0.25, -0.2) is 0 Å². The molecule has 0 atom stereocenters. The molecular weight excluding hydrogens is 348 g/mol. The summed E-state index contributed by atoms with van der Waals surface area (Å²) >= 11 is 1.74. The lowest BCUT2D eigenvalue weighted by Crippen LogP contribution is -2.45. The van der Waals surface area contributed by atoms with E-state index in [9.17, 15) is 4.79 Å². The van der Waals surface area contributed by atoms with E-state index in [-0.39, 0.29) is 16.2 Å². The van der Waals surface area contributed by atoms with Gasteiger partial charge in [-0.1, -0.05) is 18.7 Å². The fourth-order valence-corrected chi connectivity index (χ4v) is 5.36. The molecular formula is C20H28N2O3S. The fraction of sp³-hybridized carbons (Fsp3) is 0.600. The highest BCUT2D eigenvalue weighted by Gasteiger charge is 2.52. The summed E-state index contributed by atoms with van der Waals surface area (Å²) in [7, 11) is 3.14. The van der Waals surface area contributed by atoms with Crippen molar-refractivity contribution in [3.05, 3.63) is 23.8 Å². The number of ether oxygens (including phenoxy) is 2. The Morgan fingerprint density at radius 3 is 2.54 bits per heavy atom. The largest absolute Gasteiger partial charge is 0.497 e. The van der Waals surface area contributed by atoms with Crippen LogP contribution in [0.5, 0.6) is 11.5 Å². The number of amidine groups is 1. The van der Waals surface area contributed by atoms with Crippen LogP contribution in [0.4, 0.5) is 0 Å². The van der Waals surface area contributed by atoms with Crippen molar-refractivity contribution < 1.29 is 14.3 Å². The summed E-state index contributed by atoms with van der Waals surface area (Å²) in [6.07, 6.45) is 4.72. The Bertz CT molecular complexity index is 722. The highest BCUT2D eigenvalue weighted by Crippen LogP contribution is 2.54. The first-order chi connectivity index (χ1) is 12.3. The molecule has 1 N–H and O–H groups in total. The standard InChI is InChI=1S/C20H28N2O3S/c1-13-8-10-20(11-9-13)19(2,3)22-18(26-20)21-17(23)15-7-6-14(24-4)12-16(15)25-5/h6-7,12-13H,8-11H2,1-5H3,(H,21,22,23). The summed E-state index contributed by atoms with van der Waals surface area (Å²) in [6, 6.07) is 5.19. The van der Waals surface area contributed by atoms with Crippen molar-refractivity contribution in [3.8, 4) is 11.5 Å². The molecule has 2 aliphatic rings. The van der Waals surface area contributed by atoms with E-state index in [1.54, 1.807) is 44.2 Å². The van der Waals surface area contributed by atoms with Crippen molar-refractivity contribution in [2.24, 2.45) is 10.9 Å². The summed E-state index contributed by atoms with van der Waals surface area (Å²) in [5.41, 5.74) is 0.303. The molecule has 6 heteroatoms. The van der Waals surface area contributed by atoms with Gasteiger partial charge in [-0.15, -0.1) is 0 Å². The van der Waals surface area contributed by atoms with Gasteiger partial charge in [0.15, 0.2) is 5.17 Å². The highest BCUT2D eigenvalue weighted by molar-refractivity contribution is 8.15. The monoisotopic (exact) mass is 376 g/mol. The molecule has 0 unspecified atom stereocenters. The second-order valence-electron chi connectivity index (χ2n) is 7.78. The van der Waals surface area contributed by atoms with Gasteiger partial charge in [-0.05, 0) is 57.6 Å². The molecule has 142 valence electrons. The Balaban J connectivity index is 1.76. The Morgan fingerprint density at radius 2 is 1.92 bits per heavy atom. The Hall–Kier alpha value is -1.69. The van der Waals surface area contributed by atoms with Gasteiger partial charge in [0.2, 0.25) is 0 Å². The van der Waals surface area contributed by atoms with Gasteiger partial charge in [0.05, 0.1) is 25.3 Å². The Kier molecular flexibility index (Phi) is 5.24. The van der Waals surface area contributed by atoms with Crippen molar-refractivity contribution in [1.82, 2.24) is 5.32 Å². The molecule has 1 spiro atoms. The van der Waals surface area contributed by atoms with E-state index in [1.165, 1.54) is 12.8 Å². The quantitative estimate of drug-likeness (QED) is 0.856. The van der Waals surface area contributed by atoms with E-state index in [1.807, 2.05) is 0 Å². The average Bonchev–Trinajstić information content (AvgIpc) is 2.86. The molecule has 1 aromatic carbocycles. The third-order valence-corrected chi connectivity index (χ3v) is 7.43. The minimum atomic E-state index is -0.201. The number of thioether (sulfide) groups is 1. The normalized spacial score (nSPS) is 27.1. The van der Waals surface area contributed by atoms with Crippen LogP contribution in [0.15, 0.2) is 23.2 Å². The van der Waals surface area contributed by atoms with Crippen LogP contribution >= 0.6 is 11.8 Å². The lowest BCUT2D eigenvalue weighted by molar-refractivity contribution is 0.0975. The number of nitrogens with zero attached hydrogens (tertiary/aromatic N) is 1. The van der Waals surface area contributed by atoms with E-state index in [0.29, 0.717) is 22.2 Å². The van der Waals surface area contributed by atoms with Gasteiger partial charge in [0, 0.05) is 10.8 Å². The molecule has 3 rings (SSSR count). The van der Waals surface area contributed by atoms with Crippen LogP contribution in [0.3, 0.4) is 0 Å². The SMILES string of the molecule is COc1ccc(C(=O)NC2=NC(C)(C)C3(CCC(C)CC3)S2)c(OC)c1. The first-order valence-electron chi connectivity index (χ1n) is 9.12. The molecule has 1 saturated carbocycles. The van der Waals surface area contributed by atoms with Crippen molar-refractivity contribution >= 4 is 22.8 Å². The minimum absolute atomic E-state index is 0.0894. The number of carbonyl (C=O) groups excluding carboxylic acids is 1. The number of amides is 1. The maximum atomic E-state index is 12.8. The number of aliphatic imine (C=N–C) groups is 1. The van der Waals surface area contributed by atoms with Gasteiger partial charge in [-0.3, -0.25) is 9.79 Å². The van der Waals surface area contributed by atoms with Crippen LogP contribution in [0.1, 0.15) is 56.8 Å². The van der Waals surface area contributed by atoms with E-state index in [4.69, 9.17) is 14.5 Å². The molecule has 0 saturated heterocycles. The molecule has 1 amide bonds. The zero-order valence-electron chi connectivity index (χ0n) is 16.2. The number of hydrogen-bond acceptors (Lipinski definition) is 5. The van der Waals surface area contributed by atoms with Crippen molar-refractivity contribution in [2.75, 3.05) is 14.2 Å². The van der Waals surface area contributed by atoms with E-state index < -0.39 is 0 Å². The van der Waals surface area contributed by atoms with Crippen LogP contribution in [0.25, 0.3) is 0 Å². The summed E-state index contributed by atoms with van der Waals surface area (Å²) in [4.78, 5) is 17.6. The molecule has 1 aliphatic carbocycles. The van der Waals surface area contributed by atoms with Gasteiger partial charge in [0.1, 0.15) is 11.5 Å². The molecule has 0 aromatic heterocycles. The second kappa shape index (κ2) is 7.14. The number of benzene rings is 1. The molecule has 1 aromatic rings. The Labute approximate surface area is 159 Å². The fourth-order valence-electron chi connectivity index (χ4n) is 3.83. The summed E-state index contributed by atoms with van der Waals surface area (Å²) in [5.74, 6) is 1.72. The smallest absolute Gasteiger partial charge is 0.260 e. The summed E-state index contributed by atoms with van der Waals surface area (Å²) < 4.78 is 10.6. The molecule has 5 nitrogen and oxygen atoms in total. The lowest BCUT2D eigenvalue weighted by atomic mass is 9.73. The predicted molar refractivity (Wildman–Crippen MR) is 106 cm³/mol. The van der Waals surface area contributed by atoms with E-state index >= 15 is 0 Å². The number of carbonyl (C=O) groups is 1. The maximum absolute atomic E-state index is 12.8. The number of rotatable bonds is 3. The van der Waals surface area contributed by atoms with Crippen LogP contribution in [0, 0.1) is 5.92 Å². The molecule has 1 aliphatic heterocycles. The van der Waals surface area contributed by atoms with Crippen LogP contribution in [0.2, 0.25) is 0 Å². The number of hydrogen-bond donors (Lipinski definition) is 1. The highest BCUT2D eigenvalue weighted by atomic mass is 32.2. The lowest BCUT2D eigenvalue weighted by Gasteiger charge is -2.43. The summed E-state index contributed by atoms with van der Waals surface area (Å²) in [6.45, 7) is 6.69.